The first-order valence-electron chi connectivity index (χ1n) is 5.77. The number of aromatic nitrogens is 2. The molecule has 0 aliphatic heterocycles. The van der Waals surface area contributed by atoms with Crippen LogP contribution in [0.3, 0.4) is 0 Å². The minimum absolute atomic E-state index is 0.0411. The second-order valence-corrected chi connectivity index (χ2v) is 6.31. The molecule has 0 amide bonds. The quantitative estimate of drug-likeness (QED) is 0.825. The lowest BCUT2D eigenvalue weighted by atomic mass is 9.83. The third-order valence-electron chi connectivity index (χ3n) is 3.06. The zero-order chi connectivity index (χ0) is 12.6. The van der Waals surface area contributed by atoms with Crippen LogP contribution in [0.2, 0.25) is 0 Å². The Morgan fingerprint density at radius 1 is 1.59 bits per heavy atom. The molecule has 0 atom stereocenters. The number of aryl methyl sites for hydroxylation is 1. The molecular weight excluding hydrogens is 240 g/mol. The number of nitrogens with two attached hydrogens (primary N) is 1. The predicted octanol–water partition coefficient (Wildman–Crippen LogP) is 0.562. The van der Waals surface area contributed by atoms with Crippen LogP contribution in [0.4, 0.5) is 5.82 Å². The van der Waals surface area contributed by atoms with E-state index in [-0.39, 0.29) is 16.8 Å². The number of nitrogens with one attached hydrogen (secondary N) is 1. The Kier molecular flexibility index (Phi) is 3.13. The van der Waals surface area contributed by atoms with E-state index in [4.69, 9.17) is 5.73 Å². The van der Waals surface area contributed by atoms with Gasteiger partial charge in [0.25, 0.3) is 0 Å². The van der Waals surface area contributed by atoms with Gasteiger partial charge in [0.05, 0.1) is 0 Å². The number of hydrogen-bond acceptors (Lipinski definition) is 4. The van der Waals surface area contributed by atoms with Crippen molar-refractivity contribution in [1.29, 1.82) is 0 Å². The van der Waals surface area contributed by atoms with Crippen LogP contribution in [0.5, 0.6) is 0 Å². The SMILES string of the molecule is CCn1cc(S(=O)(=O)NC2CC(C)C2)c(N)n1. The summed E-state index contributed by atoms with van der Waals surface area (Å²) in [6, 6.07) is 0.0411. The Morgan fingerprint density at radius 3 is 2.71 bits per heavy atom. The van der Waals surface area contributed by atoms with Crippen molar-refractivity contribution in [3.63, 3.8) is 0 Å². The summed E-state index contributed by atoms with van der Waals surface area (Å²) in [6.45, 7) is 4.58. The average molecular weight is 258 g/mol. The van der Waals surface area contributed by atoms with Crippen molar-refractivity contribution in [2.75, 3.05) is 5.73 Å². The highest BCUT2D eigenvalue weighted by atomic mass is 32.2. The molecule has 1 aliphatic rings. The number of anilines is 1. The lowest BCUT2D eigenvalue weighted by Gasteiger charge is -2.32. The molecule has 1 aliphatic carbocycles. The molecule has 1 heterocycles. The van der Waals surface area contributed by atoms with Crippen molar-refractivity contribution < 1.29 is 8.42 Å². The van der Waals surface area contributed by atoms with Gasteiger partial charge in [-0.25, -0.2) is 13.1 Å². The van der Waals surface area contributed by atoms with Crippen LogP contribution in [0, 0.1) is 5.92 Å². The maximum atomic E-state index is 12.0. The fraction of sp³-hybridized carbons (Fsp3) is 0.700. The first-order valence-corrected chi connectivity index (χ1v) is 7.26. The molecule has 1 fully saturated rings. The molecule has 3 N–H and O–H groups in total. The van der Waals surface area contributed by atoms with E-state index < -0.39 is 10.0 Å². The molecule has 0 radical (unpaired) electrons. The zero-order valence-electron chi connectivity index (χ0n) is 10.0. The van der Waals surface area contributed by atoms with Crippen LogP contribution in [0.1, 0.15) is 26.7 Å². The first kappa shape index (κ1) is 12.4. The first-order chi connectivity index (χ1) is 7.92. The maximum absolute atomic E-state index is 12.0. The smallest absolute Gasteiger partial charge is 0.246 e. The van der Waals surface area contributed by atoms with Gasteiger partial charge < -0.3 is 5.73 Å². The van der Waals surface area contributed by atoms with Gasteiger partial charge in [0.2, 0.25) is 10.0 Å². The summed E-state index contributed by atoms with van der Waals surface area (Å²) in [5.74, 6) is 0.658. The van der Waals surface area contributed by atoms with Crippen LogP contribution < -0.4 is 10.5 Å². The van der Waals surface area contributed by atoms with Crippen LogP contribution in [-0.2, 0) is 16.6 Å². The van der Waals surface area contributed by atoms with Crippen molar-refractivity contribution in [1.82, 2.24) is 14.5 Å². The molecule has 0 bridgehead atoms. The van der Waals surface area contributed by atoms with Crippen molar-refractivity contribution in [2.45, 2.75) is 44.2 Å². The van der Waals surface area contributed by atoms with Gasteiger partial charge >= 0.3 is 0 Å². The van der Waals surface area contributed by atoms with E-state index in [9.17, 15) is 8.42 Å². The molecule has 7 heteroatoms. The van der Waals surface area contributed by atoms with Crippen LogP contribution >= 0.6 is 0 Å². The highest BCUT2D eigenvalue weighted by Crippen LogP contribution is 2.28. The Hall–Kier alpha value is -1.08. The van der Waals surface area contributed by atoms with E-state index >= 15 is 0 Å². The second-order valence-electron chi connectivity index (χ2n) is 4.63. The van der Waals surface area contributed by atoms with Crippen molar-refractivity contribution in [3.8, 4) is 0 Å². The van der Waals surface area contributed by atoms with Crippen LogP contribution in [0.25, 0.3) is 0 Å². The van der Waals surface area contributed by atoms with Gasteiger partial charge in [-0.3, -0.25) is 4.68 Å². The third kappa shape index (κ3) is 2.44. The number of sulfonamides is 1. The van der Waals surface area contributed by atoms with Gasteiger partial charge in [-0.1, -0.05) is 6.92 Å². The lowest BCUT2D eigenvalue weighted by molar-refractivity contribution is 0.270. The van der Waals surface area contributed by atoms with Gasteiger partial charge in [-0.05, 0) is 25.7 Å². The highest BCUT2D eigenvalue weighted by Gasteiger charge is 2.31. The molecule has 2 rings (SSSR count). The zero-order valence-corrected chi connectivity index (χ0v) is 10.9. The minimum atomic E-state index is -3.52. The monoisotopic (exact) mass is 258 g/mol. The summed E-state index contributed by atoms with van der Waals surface area (Å²) in [4.78, 5) is 0.0823. The number of hydrogen-bond donors (Lipinski definition) is 2. The predicted molar refractivity (Wildman–Crippen MR) is 64.8 cm³/mol. The summed E-state index contributed by atoms with van der Waals surface area (Å²) >= 11 is 0. The van der Waals surface area contributed by atoms with Gasteiger partial charge in [0, 0.05) is 18.8 Å². The summed E-state index contributed by atoms with van der Waals surface area (Å²) in [6.07, 6.45) is 3.25. The molecule has 0 spiro atoms. The fourth-order valence-electron chi connectivity index (χ4n) is 2.07. The van der Waals surface area contributed by atoms with Gasteiger partial charge in [-0.15, -0.1) is 0 Å². The van der Waals surface area contributed by atoms with Crippen molar-refractivity contribution in [2.24, 2.45) is 5.92 Å². The largest absolute Gasteiger partial charge is 0.381 e. The molecule has 17 heavy (non-hydrogen) atoms. The molecule has 1 saturated carbocycles. The van der Waals surface area contributed by atoms with Crippen LogP contribution in [-0.4, -0.2) is 24.2 Å². The molecule has 1 aromatic rings. The van der Waals surface area contributed by atoms with Gasteiger partial charge in [0.15, 0.2) is 5.82 Å². The van der Waals surface area contributed by atoms with Crippen LogP contribution in [0.15, 0.2) is 11.1 Å². The second kappa shape index (κ2) is 4.30. The molecule has 0 unspecified atom stereocenters. The van der Waals surface area contributed by atoms with Gasteiger partial charge in [0.1, 0.15) is 4.90 Å². The minimum Gasteiger partial charge on any atom is -0.381 e. The molecular formula is C10H18N4O2S. The lowest BCUT2D eigenvalue weighted by Crippen LogP contribution is -2.43. The van der Waals surface area contributed by atoms with E-state index in [1.165, 1.54) is 10.9 Å². The fourth-order valence-corrected chi connectivity index (χ4v) is 3.40. The Bertz CT molecular complexity index is 502. The number of nitrogen functional groups attached to an aromatic ring is 1. The highest BCUT2D eigenvalue weighted by molar-refractivity contribution is 7.89. The van der Waals surface area contributed by atoms with E-state index in [1.807, 2.05) is 6.92 Å². The number of nitrogens with zero attached hydrogens (tertiary/aromatic N) is 2. The third-order valence-corrected chi connectivity index (χ3v) is 4.60. The molecule has 6 nitrogen and oxygen atoms in total. The van der Waals surface area contributed by atoms with Gasteiger partial charge in [-0.2, -0.15) is 5.10 Å². The van der Waals surface area contributed by atoms with E-state index in [2.05, 4.69) is 16.7 Å². The average Bonchev–Trinajstić information content (AvgIpc) is 2.58. The Labute approximate surface area is 101 Å². The van der Waals surface area contributed by atoms with E-state index in [0.717, 1.165) is 12.8 Å². The summed E-state index contributed by atoms with van der Waals surface area (Å²) in [5.41, 5.74) is 5.61. The molecule has 0 saturated heterocycles. The van der Waals surface area contributed by atoms with E-state index in [0.29, 0.717) is 12.5 Å². The topological polar surface area (TPSA) is 90.0 Å². The van der Waals surface area contributed by atoms with Crippen molar-refractivity contribution >= 4 is 15.8 Å². The standard InChI is InChI=1S/C10H18N4O2S/c1-3-14-6-9(10(11)12-14)17(15,16)13-8-4-7(2)5-8/h6-8,13H,3-5H2,1-2H3,(H2,11,12). The Morgan fingerprint density at radius 2 is 2.24 bits per heavy atom. The summed E-state index contributed by atoms with van der Waals surface area (Å²) in [5, 5.41) is 3.94. The number of rotatable bonds is 4. The summed E-state index contributed by atoms with van der Waals surface area (Å²) < 4.78 is 28.3. The van der Waals surface area contributed by atoms with Crippen molar-refractivity contribution in [3.05, 3.63) is 6.20 Å². The molecule has 96 valence electrons. The van der Waals surface area contributed by atoms with E-state index in [1.54, 1.807) is 0 Å². The maximum Gasteiger partial charge on any atom is 0.246 e. The summed E-state index contributed by atoms with van der Waals surface area (Å²) in [7, 11) is -3.52. The Balaban J connectivity index is 2.16. The molecule has 1 aromatic heterocycles. The normalized spacial score (nSPS) is 24.6. The molecule has 0 aromatic carbocycles.